The van der Waals surface area contributed by atoms with Gasteiger partial charge in [-0.25, -0.2) is 4.79 Å². The molecule has 110 valence electrons. The van der Waals surface area contributed by atoms with Crippen molar-refractivity contribution in [2.75, 3.05) is 19.5 Å². The smallest absolute Gasteiger partial charge is 0.407 e. The van der Waals surface area contributed by atoms with Gasteiger partial charge in [0.25, 0.3) is 10.1 Å². The Balaban J connectivity index is 2.15. The molecular formula is C12H14BrNO5S. The van der Waals surface area contributed by atoms with Crippen molar-refractivity contribution in [2.24, 2.45) is 0 Å². The van der Waals surface area contributed by atoms with Crippen LogP contribution < -0.4 is 5.32 Å². The Labute approximate surface area is 125 Å². The summed E-state index contributed by atoms with van der Waals surface area (Å²) in [6, 6.07) is 7.52. The van der Waals surface area contributed by atoms with Crippen LogP contribution in [0.1, 0.15) is 5.56 Å². The maximum atomic E-state index is 11.3. The summed E-state index contributed by atoms with van der Waals surface area (Å²) >= 11 is 3.34. The Morgan fingerprint density at radius 3 is 2.55 bits per heavy atom. The number of halogens is 1. The van der Waals surface area contributed by atoms with Crippen molar-refractivity contribution in [3.05, 3.63) is 34.3 Å². The van der Waals surface area contributed by atoms with Crippen LogP contribution in [0.4, 0.5) is 4.79 Å². The van der Waals surface area contributed by atoms with Crippen LogP contribution in [0, 0.1) is 0 Å². The third-order valence-corrected chi connectivity index (χ3v) is 3.93. The molecule has 1 aromatic rings. The number of benzene rings is 1. The molecule has 1 heterocycles. The number of nitrogens with one attached hydrogen (secondary N) is 1. The van der Waals surface area contributed by atoms with Crippen LogP contribution in [0.25, 0.3) is 0 Å². The minimum Gasteiger partial charge on any atom is -0.447 e. The molecule has 2 rings (SSSR count). The van der Waals surface area contributed by atoms with Crippen LogP contribution in [-0.2, 0) is 25.5 Å². The molecule has 6 nitrogen and oxygen atoms in total. The lowest BCUT2D eigenvalue weighted by Gasteiger charge is -2.25. The Morgan fingerprint density at radius 2 is 2.05 bits per heavy atom. The van der Waals surface area contributed by atoms with Gasteiger partial charge >= 0.3 is 6.09 Å². The minimum atomic E-state index is -3.58. The summed E-state index contributed by atoms with van der Waals surface area (Å²) < 4.78 is 32.9. The topological polar surface area (TPSA) is 81.7 Å². The second-order valence-electron chi connectivity index (χ2n) is 4.75. The molecule has 1 aliphatic heterocycles. The molecule has 1 aromatic carbocycles. The van der Waals surface area contributed by atoms with E-state index in [0.29, 0.717) is 6.42 Å². The Hall–Kier alpha value is -1.12. The lowest BCUT2D eigenvalue weighted by atomic mass is 9.93. The van der Waals surface area contributed by atoms with Gasteiger partial charge in [0.2, 0.25) is 0 Å². The predicted molar refractivity (Wildman–Crippen MR) is 75.9 cm³/mol. The van der Waals surface area contributed by atoms with E-state index >= 15 is 0 Å². The Morgan fingerprint density at radius 1 is 1.40 bits per heavy atom. The number of ether oxygens (including phenoxy) is 1. The molecule has 1 N–H and O–H groups in total. The van der Waals surface area contributed by atoms with Crippen molar-refractivity contribution in [1.29, 1.82) is 0 Å². The minimum absolute atomic E-state index is 0.0669. The average molecular weight is 364 g/mol. The molecule has 0 aliphatic carbocycles. The first-order chi connectivity index (χ1) is 9.28. The van der Waals surface area contributed by atoms with Crippen LogP contribution in [0.15, 0.2) is 28.7 Å². The molecule has 0 radical (unpaired) electrons. The number of rotatable bonds is 5. The van der Waals surface area contributed by atoms with Gasteiger partial charge in [0.05, 0.1) is 12.9 Å². The Kier molecular flexibility index (Phi) is 4.36. The van der Waals surface area contributed by atoms with Gasteiger partial charge in [0, 0.05) is 10.9 Å². The first-order valence-corrected chi connectivity index (χ1v) is 8.43. The number of carbonyl (C=O) groups is 1. The van der Waals surface area contributed by atoms with E-state index in [1.807, 2.05) is 24.3 Å². The number of hydrogen-bond acceptors (Lipinski definition) is 5. The third kappa shape index (κ3) is 4.19. The molecule has 0 aromatic heterocycles. The summed E-state index contributed by atoms with van der Waals surface area (Å²) in [4.78, 5) is 11.3. The number of cyclic esters (lactones) is 1. The largest absolute Gasteiger partial charge is 0.447 e. The molecule has 0 saturated carbocycles. The molecule has 0 bridgehead atoms. The van der Waals surface area contributed by atoms with E-state index in [1.54, 1.807) is 0 Å². The molecular weight excluding hydrogens is 350 g/mol. The highest BCUT2D eigenvalue weighted by molar-refractivity contribution is 9.10. The van der Waals surface area contributed by atoms with Gasteiger partial charge in [-0.05, 0) is 17.7 Å². The van der Waals surface area contributed by atoms with Gasteiger partial charge in [-0.2, -0.15) is 8.42 Å². The summed E-state index contributed by atoms with van der Waals surface area (Å²) in [5, 5.41) is 2.64. The maximum Gasteiger partial charge on any atom is 0.407 e. The molecule has 1 saturated heterocycles. The van der Waals surface area contributed by atoms with Crippen molar-refractivity contribution >= 4 is 32.1 Å². The molecule has 1 amide bonds. The molecule has 8 heteroatoms. The van der Waals surface area contributed by atoms with E-state index < -0.39 is 21.8 Å². The zero-order valence-electron chi connectivity index (χ0n) is 10.8. The van der Waals surface area contributed by atoms with E-state index in [4.69, 9.17) is 8.92 Å². The van der Waals surface area contributed by atoms with Gasteiger partial charge in [-0.3, -0.25) is 4.18 Å². The summed E-state index contributed by atoms with van der Waals surface area (Å²) in [6.07, 6.45) is 0.818. The fourth-order valence-corrected chi connectivity index (χ4v) is 2.63. The maximum absolute atomic E-state index is 11.3. The van der Waals surface area contributed by atoms with Crippen LogP contribution in [-0.4, -0.2) is 39.5 Å². The van der Waals surface area contributed by atoms with Crippen molar-refractivity contribution in [3.8, 4) is 0 Å². The van der Waals surface area contributed by atoms with E-state index in [0.717, 1.165) is 16.3 Å². The molecule has 20 heavy (non-hydrogen) atoms. The molecule has 1 fully saturated rings. The normalized spacial score (nSPS) is 22.4. The fraction of sp³-hybridized carbons (Fsp3) is 0.417. The second kappa shape index (κ2) is 5.71. The number of amides is 1. The first kappa shape index (κ1) is 15.3. The summed E-state index contributed by atoms with van der Waals surface area (Å²) in [5.41, 5.74) is 0.0738. The van der Waals surface area contributed by atoms with E-state index in [1.165, 1.54) is 0 Å². The van der Waals surface area contributed by atoms with E-state index in [2.05, 4.69) is 21.2 Å². The number of hydrogen-bond donors (Lipinski definition) is 1. The Bertz CT molecular complexity index is 601. The number of carbonyl (C=O) groups excluding carboxylic acids is 1. The van der Waals surface area contributed by atoms with Gasteiger partial charge in [0.1, 0.15) is 12.1 Å². The quantitative estimate of drug-likeness (QED) is 0.800. The molecule has 0 unspecified atom stereocenters. The van der Waals surface area contributed by atoms with Crippen molar-refractivity contribution in [1.82, 2.24) is 5.32 Å². The fourth-order valence-electron chi connectivity index (χ4n) is 1.93. The van der Waals surface area contributed by atoms with Gasteiger partial charge in [0.15, 0.2) is 0 Å². The molecule has 0 spiro atoms. The first-order valence-electron chi connectivity index (χ1n) is 5.82. The van der Waals surface area contributed by atoms with Crippen molar-refractivity contribution in [2.45, 2.75) is 12.0 Å². The van der Waals surface area contributed by atoms with E-state index in [-0.39, 0.29) is 13.2 Å². The lowest BCUT2D eigenvalue weighted by Crippen LogP contribution is -2.50. The van der Waals surface area contributed by atoms with Crippen LogP contribution >= 0.6 is 15.9 Å². The highest BCUT2D eigenvalue weighted by Crippen LogP contribution is 2.22. The highest BCUT2D eigenvalue weighted by Gasteiger charge is 2.41. The van der Waals surface area contributed by atoms with Gasteiger partial charge in [-0.15, -0.1) is 0 Å². The van der Waals surface area contributed by atoms with E-state index in [9.17, 15) is 13.2 Å². The second-order valence-corrected chi connectivity index (χ2v) is 7.31. The van der Waals surface area contributed by atoms with Crippen molar-refractivity contribution in [3.63, 3.8) is 0 Å². The lowest BCUT2D eigenvalue weighted by molar-refractivity contribution is 0.156. The predicted octanol–water partition coefficient (Wildman–Crippen LogP) is 1.45. The monoisotopic (exact) mass is 363 g/mol. The highest BCUT2D eigenvalue weighted by atomic mass is 79.9. The average Bonchev–Trinajstić information content (AvgIpc) is 2.71. The van der Waals surface area contributed by atoms with Crippen LogP contribution in [0.2, 0.25) is 0 Å². The SMILES string of the molecule is CS(=O)(=O)OC[C@@]1(Cc2ccc(Br)cc2)COC(=O)N1. The molecule has 1 aliphatic rings. The molecule has 1 atom stereocenters. The number of alkyl carbamates (subject to hydrolysis) is 1. The van der Waals surface area contributed by atoms with Crippen LogP contribution in [0.5, 0.6) is 0 Å². The summed E-state index contributed by atoms with van der Waals surface area (Å²) in [6.45, 7) is -0.0922. The zero-order valence-corrected chi connectivity index (χ0v) is 13.2. The van der Waals surface area contributed by atoms with Gasteiger partial charge in [-0.1, -0.05) is 28.1 Å². The third-order valence-electron chi connectivity index (χ3n) is 2.85. The zero-order chi connectivity index (χ0) is 14.8. The summed E-state index contributed by atoms with van der Waals surface area (Å²) in [5.74, 6) is 0. The summed E-state index contributed by atoms with van der Waals surface area (Å²) in [7, 11) is -3.58. The van der Waals surface area contributed by atoms with Gasteiger partial charge < -0.3 is 10.1 Å². The van der Waals surface area contributed by atoms with Crippen LogP contribution in [0.3, 0.4) is 0 Å². The van der Waals surface area contributed by atoms with Crippen molar-refractivity contribution < 1.29 is 22.1 Å². The standard InChI is InChI=1S/C12H14BrNO5S/c1-20(16,17)19-8-12(7-18-11(15)14-12)6-9-2-4-10(13)5-3-9/h2-5H,6-8H2,1H3,(H,14,15)/t12-/m1/s1.